The van der Waals surface area contributed by atoms with Gasteiger partial charge in [0.25, 0.3) is 5.91 Å². The monoisotopic (exact) mass is 399 g/mol. The Balaban J connectivity index is 0.00000145. The van der Waals surface area contributed by atoms with Crippen molar-refractivity contribution in [3.63, 3.8) is 0 Å². The first-order valence-electron chi connectivity index (χ1n) is 9.54. The summed E-state index contributed by atoms with van der Waals surface area (Å²) in [5, 5.41) is 2.82. The highest BCUT2D eigenvalue weighted by Gasteiger charge is 2.18. The molecule has 2 aromatic heterocycles. The van der Waals surface area contributed by atoms with Crippen LogP contribution >= 0.6 is 0 Å². The number of rotatable bonds is 7. The van der Waals surface area contributed by atoms with Crippen LogP contribution in [0.4, 0.5) is 4.39 Å². The van der Waals surface area contributed by atoms with Gasteiger partial charge in [-0.3, -0.25) is 9.78 Å². The number of carbonyl (C=O) groups is 1. The van der Waals surface area contributed by atoms with Gasteiger partial charge in [-0.1, -0.05) is 13.8 Å². The molecule has 0 saturated carbocycles. The summed E-state index contributed by atoms with van der Waals surface area (Å²) in [5.74, 6) is 0.492. The van der Waals surface area contributed by atoms with E-state index in [-0.39, 0.29) is 17.4 Å². The summed E-state index contributed by atoms with van der Waals surface area (Å²) in [7, 11) is 1.61. The predicted octanol–water partition coefficient (Wildman–Crippen LogP) is 4.58. The third-order valence-corrected chi connectivity index (χ3v) is 4.13. The van der Waals surface area contributed by atoms with Crippen molar-refractivity contribution in [3.8, 4) is 17.1 Å². The maximum absolute atomic E-state index is 13.1. The van der Waals surface area contributed by atoms with E-state index in [0.29, 0.717) is 25.1 Å². The molecular weight excluding hydrogens is 373 g/mol. The largest absolute Gasteiger partial charge is 0.496 e. The van der Waals surface area contributed by atoms with Gasteiger partial charge in [-0.2, -0.15) is 0 Å². The van der Waals surface area contributed by atoms with Crippen molar-refractivity contribution in [1.82, 2.24) is 15.3 Å². The van der Waals surface area contributed by atoms with Crippen LogP contribution in [-0.2, 0) is 6.42 Å². The Morgan fingerprint density at radius 2 is 2.03 bits per heavy atom. The summed E-state index contributed by atoms with van der Waals surface area (Å²) in [5.41, 5.74) is 2.70. The van der Waals surface area contributed by atoms with Crippen LogP contribution in [0.5, 0.6) is 5.75 Å². The van der Waals surface area contributed by atoms with Crippen molar-refractivity contribution < 1.29 is 18.3 Å². The molecule has 0 aliphatic heterocycles. The highest BCUT2D eigenvalue weighted by Crippen LogP contribution is 2.28. The number of halogens is 1. The maximum Gasteiger partial charge on any atom is 0.273 e. The normalized spacial score (nSPS) is 10.1. The fraction of sp³-hybridized carbons (Fsp3) is 0.318. The lowest BCUT2D eigenvalue weighted by Crippen LogP contribution is -2.25. The minimum atomic E-state index is -0.362. The van der Waals surface area contributed by atoms with E-state index in [4.69, 9.17) is 9.15 Å². The lowest BCUT2D eigenvalue weighted by molar-refractivity contribution is 0.0949. The van der Waals surface area contributed by atoms with Crippen LogP contribution in [0.3, 0.4) is 0 Å². The summed E-state index contributed by atoms with van der Waals surface area (Å²) in [6, 6.07) is 6.96. The molecule has 2 heterocycles. The molecule has 3 rings (SSSR count). The van der Waals surface area contributed by atoms with Gasteiger partial charge >= 0.3 is 0 Å². The molecular formula is C22H26FN3O3. The predicted molar refractivity (Wildman–Crippen MR) is 109 cm³/mol. The van der Waals surface area contributed by atoms with Gasteiger partial charge in [0, 0.05) is 18.3 Å². The Morgan fingerprint density at radius 3 is 2.72 bits per heavy atom. The Kier molecular flexibility index (Phi) is 8.33. The van der Waals surface area contributed by atoms with Crippen LogP contribution < -0.4 is 10.1 Å². The molecule has 0 radical (unpaired) electrons. The van der Waals surface area contributed by atoms with Crippen LogP contribution in [0, 0.1) is 12.7 Å². The third kappa shape index (κ3) is 5.88. The molecule has 1 aromatic carbocycles. The average Bonchev–Trinajstić information content (AvgIpc) is 3.22. The number of nitrogens with one attached hydrogen (secondary N) is 1. The summed E-state index contributed by atoms with van der Waals surface area (Å²) in [6.45, 7) is 6.35. The van der Waals surface area contributed by atoms with Crippen LogP contribution in [0.15, 0.2) is 47.5 Å². The summed E-state index contributed by atoms with van der Waals surface area (Å²) >= 11 is 0. The van der Waals surface area contributed by atoms with E-state index < -0.39 is 0 Å². The lowest BCUT2D eigenvalue weighted by atomic mass is 10.1. The molecule has 0 saturated heterocycles. The van der Waals surface area contributed by atoms with Crippen molar-refractivity contribution in [3.05, 3.63) is 65.7 Å². The van der Waals surface area contributed by atoms with Gasteiger partial charge < -0.3 is 14.5 Å². The standard InChI is InChI=1S/C20H20FN3O3.C2H6/c1-13-8-15(5-6-17(13)26-2)19-18(24-12-27-19)20(25)23-7-3-4-14-9-16(21)11-22-10-14;1-2/h5-6,8-12H,3-4,7H2,1-2H3,(H,23,25);1-2H3. The van der Waals surface area contributed by atoms with Gasteiger partial charge in [0.15, 0.2) is 17.8 Å². The molecule has 1 N–H and O–H groups in total. The van der Waals surface area contributed by atoms with Gasteiger partial charge in [0.05, 0.1) is 13.3 Å². The van der Waals surface area contributed by atoms with Crippen LogP contribution in [0.2, 0.25) is 0 Å². The number of aromatic nitrogens is 2. The maximum atomic E-state index is 13.1. The van der Waals surface area contributed by atoms with Crippen molar-refractivity contribution in [2.75, 3.05) is 13.7 Å². The Labute approximate surface area is 170 Å². The molecule has 0 fully saturated rings. The molecule has 7 heteroatoms. The number of pyridine rings is 1. The van der Waals surface area contributed by atoms with Crippen molar-refractivity contribution >= 4 is 5.91 Å². The fourth-order valence-electron chi connectivity index (χ4n) is 2.80. The zero-order chi connectivity index (χ0) is 21.2. The number of oxazole rings is 1. The van der Waals surface area contributed by atoms with Gasteiger partial charge in [-0.15, -0.1) is 0 Å². The van der Waals surface area contributed by atoms with Crippen LogP contribution in [0.25, 0.3) is 11.3 Å². The summed E-state index contributed by atoms with van der Waals surface area (Å²) < 4.78 is 23.8. The molecule has 0 unspecified atom stereocenters. The van der Waals surface area contributed by atoms with E-state index in [0.717, 1.165) is 28.6 Å². The van der Waals surface area contributed by atoms with Gasteiger partial charge in [-0.25, -0.2) is 9.37 Å². The molecule has 0 aliphatic carbocycles. The molecule has 6 nitrogen and oxygen atoms in total. The highest BCUT2D eigenvalue weighted by molar-refractivity contribution is 5.97. The first-order chi connectivity index (χ1) is 14.1. The lowest BCUT2D eigenvalue weighted by Gasteiger charge is -2.07. The summed E-state index contributed by atoms with van der Waals surface area (Å²) in [6.07, 6.45) is 5.31. The van der Waals surface area contributed by atoms with E-state index in [1.807, 2.05) is 39.0 Å². The van der Waals surface area contributed by atoms with Gasteiger partial charge in [-0.05, 0) is 55.2 Å². The van der Waals surface area contributed by atoms with Gasteiger partial charge in [0.1, 0.15) is 11.6 Å². The van der Waals surface area contributed by atoms with E-state index in [1.54, 1.807) is 13.3 Å². The second kappa shape index (κ2) is 10.9. The van der Waals surface area contributed by atoms with Crippen molar-refractivity contribution in [1.29, 1.82) is 0 Å². The average molecular weight is 399 g/mol. The van der Waals surface area contributed by atoms with Crippen LogP contribution in [0.1, 0.15) is 41.9 Å². The molecule has 1 amide bonds. The quantitative estimate of drug-likeness (QED) is 0.589. The molecule has 0 bridgehead atoms. The minimum Gasteiger partial charge on any atom is -0.496 e. The van der Waals surface area contributed by atoms with E-state index in [2.05, 4.69) is 15.3 Å². The fourth-order valence-corrected chi connectivity index (χ4v) is 2.80. The molecule has 3 aromatic rings. The number of methoxy groups -OCH3 is 1. The zero-order valence-corrected chi connectivity index (χ0v) is 17.2. The van der Waals surface area contributed by atoms with E-state index in [9.17, 15) is 9.18 Å². The number of aryl methyl sites for hydroxylation is 2. The number of benzene rings is 1. The molecule has 154 valence electrons. The molecule has 0 atom stereocenters. The molecule has 0 spiro atoms. The third-order valence-electron chi connectivity index (χ3n) is 4.13. The second-order valence-electron chi connectivity index (χ2n) is 6.09. The SMILES string of the molecule is CC.COc1ccc(-c2ocnc2C(=O)NCCCc2cncc(F)c2)cc1C. The van der Waals surface area contributed by atoms with E-state index >= 15 is 0 Å². The Morgan fingerprint density at radius 1 is 1.24 bits per heavy atom. The summed E-state index contributed by atoms with van der Waals surface area (Å²) in [4.78, 5) is 20.3. The number of hydrogen-bond donors (Lipinski definition) is 1. The second-order valence-corrected chi connectivity index (χ2v) is 6.09. The first-order valence-corrected chi connectivity index (χ1v) is 9.54. The Hall–Kier alpha value is -3.22. The number of carbonyl (C=O) groups excluding carboxylic acids is 1. The smallest absolute Gasteiger partial charge is 0.273 e. The van der Waals surface area contributed by atoms with E-state index in [1.165, 1.54) is 12.5 Å². The molecule has 0 aliphatic rings. The first kappa shape index (κ1) is 22.1. The number of ether oxygens (including phenoxy) is 1. The Bertz CT molecular complexity index is 941. The van der Waals surface area contributed by atoms with Crippen LogP contribution in [-0.4, -0.2) is 29.5 Å². The topological polar surface area (TPSA) is 77.2 Å². The van der Waals surface area contributed by atoms with Gasteiger partial charge in [0.2, 0.25) is 0 Å². The highest BCUT2D eigenvalue weighted by atomic mass is 19.1. The van der Waals surface area contributed by atoms with Crippen molar-refractivity contribution in [2.45, 2.75) is 33.6 Å². The number of hydrogen-bond acceptors (Lipinski definition) is 5. The minimum absolute atomic E-state index is 0.229. The zero-order valence-electron chi connectivity index (χ0n) is 17.2. The van der Waals surface area contributed by atoms with Crippen molar-refractivity contribution in [2.24, 2.45) is 0 Å². The molecule has 29 heavy (non-hydrogen) atoms. The number of amides is 1. The number of nitrogens with zero attached hydrogens (tertiary/aromatic N) is 2.